The first-order valence-electron chi connectivity index (χ1n) is 5.37. The summed E-state index contributed by atoms with van der Waals surface area (Å²) in [6, 6.07) is 1.64. The molecule has 0 unspecified atom stereocenters. The van der Waals surface area contributed by atoms with E-state index in [1.54, 1.807) is 22.8 Å². The first-order chi connectivity index (χ1) is 8.09. The summed E-state index contributed by atoms with van der Waals surface area (Å²) in [6.45, 7) is 3.86. The molecule has 0 bridgehead atoms. The highest BCUT2D eigenvalue weighted by atomic mass is 79.9. The van der Waals surface area contributed by atoms with Gasteiger partial charge in [0, 0.05) is 33.1 Å². The lowest BCUT2D eigenvalue weighted by Gasteiger charge is -2.34. The molecule has 0 saturated carbocycles. The number of rotatable bonds is 1. The average molecular weight is 301 g/mol. The van der Waals surface area contributed by atoms with Crippen LogP contribution in [0, 0.1) is 0 Å². The zero-order valence-corrected chi connectivity index (χ0v) is 11.1. The van der Waals surface area contributed by atoms with Gasteiger partial charge in [-0.1, -0.05) is 0 Å². The summed E-state index contributed by atoms with van der Waals surface area (Å²) < 4.78 is 5.50. The van der Waals surface area contributed by atoms with E-state index in [-0.39, 0.29) is 11.8 Å². The van der Waals surface area contributed by atoms with Gasteiger partial charge in [-0.25, -0.2) is 0 Å². The van der Waals surface area contributed by atoms with Crippen molar-refractivity contribution < 1.29 is 14.0 Å². The van der Waals surface area contributed by atoms with Crippen LogP contribution < -0.4 is 0 Å². The summed E-state index contributed by atoms with van der Waals surface area (Å²) in [5, 5.41) is 0. The maximum atomic E-state index is 12.1. The summed E-state index contributed by atoms with van der Waals surface area (Å²) in [6.07, 6.45) is 1.48. The van der Waals surface area contributed by atoms with Gasteiger partial charge in [0.25, 0.3) is 5.91 Å². The fourth-order valence-corrected chi connectivity index (χ4v) is 2.25. The number of furan rings is 1. The normalized spacial score (nSPS) is 16.1. The topological polar surface area (TPSA) is 53.8 Å². The van der Waals surface area contributed by atoms with E-state index in [2.05, 4.69) is 15.9 Å². The molecule has 2 rings (SSSR count). The standard InChI is InChI=1S/C11H13BrN2O3/c1-8(15)13-3-5-14(6-4-13)11(16)9-2-7-17-10(9)12/h2,7H,3-6H2,1H3. The van der Waals surface area contributed by atoms with Crippen LogP contribution in [0.3, 0.4) is 0 Å². The lowest BCUT2D eigenvalue weighted by Crippen LogP contribution is -2.50. The van der Waals surface area contributed by atoms with E-state index < -0.39 is 0 Å². The van der Waals surface area contributed by atoms with Crippen LogP contribution in [0.4, 0.5) is 0 Å². The van der Waals surface area contributed by atoms with Crippen molar-refractivity contribution >= 4 is 27.7 Å². The van der Waals surface area contributed by atoms with Crippen molar-refractivity contribution in [2.75, 3.05) is 26.2 Å². The Balaban J connectivity index is 2.00. The zero-order chi connectivity index (χ0) is 12.4. The lowest BCUT2D eigenvalue weighted by molar-refractivity contribution is -0.130. The largest absolute Gasteiger partial charge is 0.457 e. The molecule has 0 spiro atoms. The second-order valence-corrected chi connectivity index (χ2v) is 4.63. The smallest absolute Gasteiger partial charge is 0.258 e. The van der Waals surface area contributed by atoms with Gasteiger partial charge in [0.05, 0.1) is 11.8 Å². The fraction of sp³-hybridized carbons (Fsp3) is 0.455. The molecule has 6 heteroatoms. The number of hydrogen-bond acceptors (Lipinski definition) is 3. The van der Waals surface area contributed by atoms with Gasteiger partial charge in [-0.3, -0.25) is 9.59 Å². The van der Waals surface area contributed by atoms with Crippen LogP contribution in [-0.4, -0.2) is 47.8 Å². The van der Waals surface area contributed by atoms with Crippen LogP contribution >= 0.6 is 15.9 Å². The van der Waals surface area contributed by atoms with Gasteiger partial charge in [0.15, 0.2) is 4.67 Å². The van der Waals surface area contributed by atoms with Crippen molar-refractivity contribution in [3.8, 4) is 0 Å². The summed E-state index contributed by atoms with van der Waals surface area (Å²) in [4.78, 5) is 26.7. The number of hydrogen-bond donors (Lipinski definition) is 0. The van der Waals surface area contributed by atoms with Gasteiger partial charge < -0.3 is 14.2 Å². The average Bonchev–Trinajstić information content (AvgIpc) is 2.74. The van der Waals surface area contributed by atoms with Crippen molar-refractivity contribution in [3.63, 3.8) is 0 Å². The molecule has 5 nitrogen and oxygen atoms in total. The molecule has 0 atom stereocenters. The van der Waals surface area contributed by atoms with E-state index >= 15 is 0 Å². The van der Waals surface area contributed by atoms with Crippen molar-refractivity contribution in [3.05, 3.63) is 22.6 Å². The van der Waals surface area contributed by atoms with E-state index in [0.29, 0.717) is 36.4 Å². The molecule has 17 heavy (non-hydrogen) atoms. The molecule has 0 aromatic carbocycles. The highest BCUT2D eigenvalue weighted by molar-refractivity contribution is 9.10. The van der Waals surface area contributed by atoms with Crippen LogP contribution in [0.5, 0.6) is 0 Å². The van der Waals surface area contributed by atoms with Crippen LogP contribution in [0.2, 0.25) is 0 Å². The van der Waals surface area contributed by atoms with Crippen molar-refractivity contribution in [1.82, 2.24) is 9.80 Å². The molecule has 2 amide bonds. The molecule has 2 heterocycles. The van der Waals surface area contributed by atoms with Gasteiger partial charge >= 0.3 is 0 Å². The molecular weight excluding hydrogens is 288 g/mol. The fourth-order valence-electron chi connectivity index (χ4n) is 1.84. The van der Waals surface area contributed by atoms with E-state index in [4.69, 9.17) is 4.42 Å². The predicted molar refractivity (Wildman–Crippen MR) is 64.6 cm³/mol. The molecule has 1 aliphatic rings. The van der Waals surface area contributed by atoms with Crippen molar-refractivity contribution in [2.45, 2.75) is 6.92 Å². The lowest BCUT2D eigenvalue weighted by atomic mass is 10.2. The highest BCUT2D eigenvalue weighted by Gasteiger charge is 2.25. The first kappa shape index (κ1) is 12.2. The Hall–Kier alpha value is -1.30. The van der Waals surface area contributed by atoms with Crippen LogP contribution in [0.25, 0.3) is 0 Å². The number of carbonyl (C=O) groups is 2. The molecule has 0 radical (unpaired) electrons. The number of amides is 2. The van der Waals surface area contributed by atoms with Crippen molar-refractivity contribution in [2.24, 2.45) is 0 Å². The maximum absolute atomic E-state index is 12.1. The molecule has 1 aromatic rings. The predicted octanol–water partition coefficient (Wildman–Crippen LogP) is 1.35. The first-order valence-corrected chi connectivity index (χ1v) is 6.16. The third kappa shape index (κ3) is 2.52. The second-order valence-electron chi connectivity index (χ2n) is 3.91. The molecule has 92 valence electrons. The Bertz CT molecular complexity index is 436. The molecule has 1 fully saturated rings. The van der Waals surface area contributed by atoms with E-state index in [1.165, 1.54) is 6.26 Å². The SMILES string of the molecule is CC(=O)N1CCN(C(=O)c2ccoc2Br)CC1. The third-order valence-electron chi connectivity index (χ3n) is 2.86. The van der Waals surface area contributed by atoms with Crippen LogP contribution in [-0.2, 0) is 4.79 Å². The number of piperazine rings is 1. The second kappa shape index (κ2) is 4.91. The van der Waals surface area contributed by atoms with Crippen molar-refractivity contribution in [1.29, 1.82) is 0 Å². The van der Waals surface area contributed by atoms with E-state index in [9.17, 15) is 9.59 Å². The highest BCUT2D eigenvalue weighted by Crippen LogP contribution is 2.20. The zero-order valence-electron chi connectivity index (χ0n) is 9.48. The van der Waals surface area contributed by atoms with Crippen LogP contribution in [0.15, 0.2) is 21.4 Å². The summed E-state index contributed by atoms with van der Waals surface area (Å²) in [5.41, 5.74) is 0.529. The Morgan fingerprint density at radius 2 is 1.82 bits per heavy atom. The van der Waals surface area contributed by atoms with Gasteiger partial charge in [0.1, 0.15) is 0 Å². The summed E-state index contributed by atoms with van der Waals surface area (Å²) >= 11 is 3.19. The minimum atomic E-state index is -0.0613. The van der Waals surface area contributed by atoms with Gasteiger partial charge in [-0.15, -0.1) is 0 Å². The van der Waals surface area contributed by atoms with E-state index in [1.807, 2.05) is 0 Å². The van der Waals surface area contributed by atoms with Gasteiger partial charge in [-0.2, -0.15) is 0 Å². The number of carbonyl (C=O) groups excluding carboxylic acids is 2. The Labute approximate surface area is 107 Å². The Morgan fingerprint density at radius 1 is 1.24 bits per heavy atom. The molecule has 1 saturated heterocycles. The minimum absolute atomic E-state index is 0.0570. The summed E-state index contributed by atoms with van der Waals surface area (Å²) in [5.74, 6) is -0.00424. The maximum Gasteiger partial charge on any atom is 0.258 e. The molecule has 0 N–H and O–H groups in total. The summed E-state index contributed by atoms with van der Waals surface area (Å²) in [7, 11) is 0. The third-order valence-corrected chi connectivity index (χ3v) is 3.47. The molecule has 1 aromatic heterocycles. The minimum Gasteiger partial charge on any atom is -0.457 e. The number of halogens is 1. The number of nitrogens with zero attached hydrogens (tertiary/aromatic N) is 2. The molecular formula is C11H13BrN2O3. The Morgan fingerprint density at radius 3 is 2.29 bits per heavy atom. The Kier molecular flexibility index (Phi) is 3.51. The van der Waals surface area contributed by atoms with Gasteiger partial charge in [-0.05, 0) is 22.0 Å². The monoisotopic (exact) mass is 300 g/mol. The van der Waals surface area contributed by atoms with Gasteiger partial charge in [0.2, 0.25) is 5.91 Å². The quantitative estimate of drug-likeness (QED) is 0.787. The molecule has 1 aliphatic heterocycles. The molecule has 0 aliphatic carbocycles. The van der Waals surface area contributed by atoms with E-state index in [0.717, 1.165) is 0 Å². The van der Waals surface area contributed by atoms with Crippen LogP contribution in [0.1, 0.15) is 17.3 Å².